The van der Waals surface area contributed by atoms with E-state index in [2.05, 4.69) is 60.5 Å². The fraction of sp³-hybridized carbons (Fsp3) is 0.435. The maximum atomic E-state index is 11.7. The molecule has 0 amide bonds. The van der Waals surface area contributed by atoms with Crippen molar-refractivity contribution in [3.63, 3.8) is 0 Å². The first-order valence-electron chi connectivity index (χ1n) is 9.73. The Hall–Kier alpha value is -2.17. The van der Waals surface area contributed by atoms with Gasteiger partial charge in [-0.15, -0.1) is 0 Å². The zero-order valence-corrected chi connectivity index (χ0v) is 16.5. The summed E-state index contributed by atoms with van der Waals surface area (Å²) in [5.41, 5.74) is 3.10. The van der Waals surface area contributed by atoms with E-state index in [-0.39, 0.29) is 5.97 Å². The number of benzene rings is 2. The van der Waals surface area contributed by atoms with Crippen LogP contribution in [0.5, 0.6) is 0 Å². The van der Waals surface area contributed by atoms with Gasteiger partial charge in [0.2, 0.25) is 0 Å². The van der Waals surface area contributed by atoms with Crippen molar-refractivity contribution in [3.8, 4) is 0 Å². The lowest BCUT2D eigenvalue weighted by Crippen LogP contribution is -2.52. The molecule has 3 rings (SSSR count). The molecule has 0 aliphatic carbocycles. The van der Waals surface area contributed by atoms with Crippen LogP contribution in [0.4, 0.5) is 0 Å². The second-order valence-electron chi connectivity index (χ2n) is 7.73. The van der Waals surface area contributed by atoms with Gasteiger partial charge in [-0.1, -0.05) is 56.3 Å². The summed E-state index contributed by atoms with van der Waals surface area (Å²) in [7, 11) is 1.42. The summed E-state index contributed by atoms with van der Waals surface area (Å²) < 4.78 is 4.82. The Morgan fingerprint density at radius 1 is 1.04 bits per heavy atom. The molecule has 0 radical (unpaired) electrons. The van der Waals surface area contributed by atoms with Crippen molar-refractivity contribution in [2.75, 3.05) is 20.2 Å². The molecule has 1 aliphatic heterocycles. The van der Waals surface area contributed by atoms with Crippen molar-refractivity contribution in [2.24, 2.45) is 11.8 Å². The van der Waals surface area contributed by atoms with Crippen LogP contribution in [0.25, 0.3) is 0 Å². The second-order valence-corrected chi connectivity index (χ2v) is 7.73. The molecule has 4 heteroatoms. The predicted molar refractivity (Wildman–Crippen MR) is 108 cm³/mol. The van der Waals surface area contributed by atoms with Gasteiger partial charge >= 0.3 is 5.97 Å². The van der Waals surface area contributed by atoms with Gasteiger partial charge in [-0.05, 0) is 35.1 Å². The number of nitrogens with one attached hydrogen (secondary N) is 1. The van der Waals surface area contributed by atoms with Crippen LogP contribution in [0, 0.1) is 11.8 Å². The first kappa shape index (κ1) is 19.6. The van der Waals surface area contributed by atoms with E-state index < -0.39 is 0 Å². The predicted octanol–water partition coefficient (Wildman–Crippen LogP) is 3.72. The molecule has 4 nitrogen and oxygen atoms in total. The van der Waals surface area contributed by atoms with Gasteiger partial charge in [0.05, 0.1) is 12.7 Å². The van der Waals surface area contributed by atoms with Gasteiger partial charge in [-0.25, -0.2) is 4.79 Å². The van der Waals surface area contributed by atoms with Crippen molar-refractivity contribution in [2.45, 2.75) is 33.0 Å². The summed E-state index contributed by atoms with van der Waals surface area (Å²) in [6, 6.07) is 18.8. The third-order valence-electron chi connectivity index (χ3n) is 5.46. The number of carbonyl (C=O) groups is 1. The largest absolute Gasteiger partial charge is 0.465 e. The van der Waals surface area contributed by atoms with Gasteiger partial charge in [0, 0.05) is 32.2 Å². The van der Waals surface area contributed by atoms with Crippen molar-refractivity contribution in [1.82, 2.24) is 10.2 Å². The van der Waals surface area contributed by atoms with E-state index in [1.165, 1.54) is 12.7 Å². The highest BCUT2D eigenvalue weighted by Gasteiger charge is 2.31. The molecule has 1 heterocycles. The normalized spacial score (nSPS) is 21.1. The minimum absolute atomic E-state index is 0.284. The fourth-order valence-electron chi connectivity index (χ4n) is 4.21. The average molecular weight is 367 g/mol. The molecule has 0 bridgehead atoms. The van der Waals surface area contributed by atoms with Crippen LogP contribution in [-0.4, -0.2) is 37.1 Å². The molecule has 0 saturated carbocycles. The Bertz CT molecular complexity index is 735. The van der Waals surface area contributed by atoms with E-state index in [9.17, 15) is 4.79 Å². The number of esters is 1. The van der Waals surface area contributed by atoms with Gasteiger partial charge in [0.25, 0.3) is 0 Å². The van der Waals surface area contributed by atoms with E-state index in [0.29, 0.717) is 23.4 Å². The highest BCUT2D eigenvalue weighted by atomic mass is 16.5. The van der Waals surface area contributed by atoms with Crippen LogP contribution >= 0.6 is 0 Å². The van der Waals surface area contributed by atoms with Crippen molar-refractivity contribution < 1.29 is 9.53 Å². The minimum atomic E-state index is -0.284. The lowest BCUT2D eigenvalue weighted by atomic mass is 9.85. The van der Waals surface area contributed by atoms with Crippen LogP contribution < -0.4 is 5.32 Å². The molecule has 1 saturated heterocycles. The molecule has 0 unspecified atom stereocenters. The molecule has 2 aromatic carbocycles. The Labute approximate surface area is 162 Å². The quantitative estimate of drug-likeness (QED) is 0.791. The number of likely N-dealkylation sites (tertiary alicyclic amines) is 1. The molecule has 1 fully saturated rings. The lowest BCUT2D eigenvalue weighted by molar-refractivity contribution is 0.0600. The van der Waals surface area contributed by atoms with Gasteiger partial charge in [-0.3, -0.25) is 4.90 Å². The number of ether oxygens (including phenoxy) is 1. The molecule has 144 valence electrons. The smallest absolute Gasteiger partial charge is 0.337 e. The molecule has 0 spiro atoms. The Morgan fingerprint density at radius 3 is 2.37 bits per heavy atom. The van der Waals surface area contributed by atoms with Crippen molar-refractivity contribution in [1.29, 1.82) is 0 Å². The number of piperidine rings is 1. The van der Waals surface area contributed by atoms with Crippen molar-refractivity contribution in [3.05, 3.63) is 71.3 Å². The highest BCUT2D eigenvalue weighted by molar-refractivity contribution is 5.89. The summed E-state index contributed by atoms with van der Waals surface area (Å²) in [4.78, 5) is 14.3. The average Bonchev–Trinajstić information content (AvgIpc) is 2.67. The summed E-state index contributed by atoms with van der Waals surface area (Å²) in [5.74, 6) is 0.857. The van der Waals surface area contributed by atoms with Crippen LogP contribution in [0.2, 0.25) is 0 Å². The molecule has 27 heavy (non-hydrogen) atoms. The maximum Gasteiger partial charge on any atom is 0.337 e. The highest BCUT2D eigenvalue weighted by Crippen LogP contribution is 2.24. The minimum Gasteiger partial charge on any atom is -0.465 e. The van der Waals surface area contributed by atoms with Gasteiger partial charge in [0.1, 0.15) is 0 Å². The standard InChI is InChI=1S/C23H30N2O2/c1-17-14-25(16-19-8-5-4-6-9-19)15-18(2)22(17)24-13-20-10-7-11-21(12-20)23(26)27-3/h4-12,17-18,22,24H,13-16H2,1-3H3/t17-,18-/m1/s1. The van der Waals surface area contributed by atoms with Crippen LogP contribution in [0.15, 0.2) is 54.6 Å². The monoisotopic (exact) mass is 366 g/mol. The number of nitrogens with zero attached hydrogens (tertiary/aromatic N) is 1. The molecule has 1 N–H and O–H groups in total. The topological polar surface area (TPSA) is 41.6 Å². The summed E-state index contributed by atoms with van der Waals surface area (Å²) in [6.07, 6.45) is 0. The van der Waals surface area contributed by atoms with E-state index in [0.717, 1.165) is 31.7 Å². The zero-order valence-electron chi connectivity index (χ0n) is 16.5. The Morgan fingerprint density at radius 2 is 1.70 bits per heavy atom. The van der Waals surface area contributed by atoms with Crippen molar-refractivity contribution >= 4 is 5.97 Å². The number of hydrogen-bond acceptors (Lipinski definition) is 4. The van der Waals surface area contributed by atoms with Crippen LogP contribution in [-0.2, 0) is 17.8 Å². The zero-order chi connectivity index (χ0) is 19.2. The van der Waals surface area contributed by atoms with E-state index in [1.807, 2.05) is 12.1 Å². The van der Waals surface area contributed by atoms with Gasteiger partial charge < -0.3 is 10.1 Å². The second kappa shape index (κ2) is 9.16. The first-order valence-corrected chi connectivity index (χ1v) is 9.73. The summed E-state index contributed by atoms with van der Waals surface area (Å²) in [5, 5.41) is 3.73. The summed E-state index contributed by atoms with van der Waals surface area (Å²) >= 11 is 0. The first-order chi connectivity index (χ1) is 13.1. The number of methoxy groups -OCH3 is 1. The van der Waals surface area contributed by atoms with Gasteiger partial charge in [-0.2, -0.15) is 0 Å². The van der Waals surface area contributed by atoms with E-state index in [4.69, 9.17) is 4.74 Å². The van der Waals surface area contributed by atoms with E-state index >= 15 is 0 Å². The third-order valence-corrected chi connectivity index (χ3v) is 5.46. The number of carbonyl (C=O) groups excluding carboxylic acids is 1. The molecular formula is C23H30N2O2. The molecule has 2 aromatic rings. The molecule has 1 aliphatic rings. The summed E-state index contributed by atoms with van der Waals surface area (Å²) in [6.45, 7) is 8.64. The SMILES string of the molecule is COC(=O)c1cccc(CNC2[C@H](C)CN(Cc3ccccc3)C[C@H]2C)c1. The van der Waals surface area contributed by atoms with Crippen LogP contribution in [0.3, 0.4) is 0 Å². The molecule has 2 atom stereocenters. The maximum absolute atomic E-state index is 11.7. The lowest BCUT2D eigenvalue weighted by Gasteiger charge is -2.42. The fourth-order valence-corrected chi connectivity index (χ4v) is 4.21. The Kier molecular flexibility index (Phi) is 6.64. The van der Waals surface area contributed by atoms with E-state index in [1.54, 1.807) is 6.07 Å². The number of rotatable bonds is 6. The third kappa shape index (κ3) is 5.18. The van der Waals surface area contributed by atoms with Crippen LogP contribution in [0.1, 0.15) is 35.3 Å². The molecular weight excluding hydrogens is 336 g/mol. The number of hydrogen-bond donors (Lipinski definition) is 1. The Balaban J connectivity index is 1.56. The molecule has 0 aromatic heterocycles. The van der Waals surface area contributed by atoms with Gasteiger partial charge in [0.15, 0.2) is 0 Å².